The molecule has 0 N–H and O–H groups in total. The number of aromatic nitrogens is 2. The zero-order chi connectivity index (χ0) is 25.8. The Morgan fingerprint density at radius 3 is 2.46 bits per heavy atom. The highest BCUT2D eigenvalue weighted by atomic mass is 35.5. The van der Waals surface area contributed by atoms with Crippen molar-refractivity contribution in [1.82, 2.24) is 9.66 Å². The number of halogens is 1. The Hall–Kier alpha value is -4.42. The molecule has 184 valence electrons. The number of hydrogen-bond acceptors (Lipinski definition) is 5. The van der Waals surface area contributed by atoms with E-state index in [1.165, 1.54) is 10.2 Å². The summed E-state index contributed by atoms with van der Waals surface area (Å²) in [5.41, 5.74) is 3.83. The SMILES string of the molecule is COc1cc(Cl)cc(C=Nn2c(-c3ccccc3)nc3ccccc3c2=O)c1OCc1ccc(C)cc1. The minimum atomic E-state index is -0.281. The van der Waals surface area contributed by atoms with E-state index in [0.29, 0.717) is 45.4 Å². The van der Waals surface area contributed by atoms with Gasteiger partial charge in [-0.25, -0.2) is 4.98 Å². The number of ether oxygens (including phenoxy) is 2. The average molecular weight is 510 g/mol. The predicted octanol–water partition coefficient (Wildman–Crippen LogP) is 6.50. The van der Waals surface area contributed by atoms with Crippen LogP contribution >= 0.6 is 11.6 Å². The number of nitrogens with zero attached hydrogens (tertiary/aromatic N) is 3. The van der Waals surface area contributed by atoms with Crippen LogP contribution in [0.15, 0.2) is 101 Å². The molecule has 5 rings (SSSR count). The Morgan fingerprint density at radius 2 is 1.70 bits per heavy atom. The Morgan fingerprint density at radius 1 is 0.973 bits per heavy atom. The van der Waals surface area contributed by atoms with E-state index in [-0.39, 0.29) is 5.56 Å². The quantitative estimate of drug-likeness (QED) is 0.235. The summed E-state index contributed by atoms with van der Waals surface area (Å²) < 4.78 is 13.0. The van der Waals surface area contributed by atoms with Crippen molar-refractivity contribution in [2.75, 3.05) is 7.11 Å². The summed E-state index contributed by atoms with van der Waals surface area (Å²) in [7, 11) is 1.55. The molecule has 0 fully saturated rings. The van der Waals surface area contributed by atoms with E-state index >= 15 is 0 Å². The first kappa shape index (κ1) is 24.3. The second kappa shape index (κ2) is 10.7. The van der Waals surface area contributed by atoms with Crippen LogP contribution in [0.25, 0.3) is 22.3 Å². The molecule has 0 saturated carbocycles. The Kier molecular flexibility index (Phi) is 7.01. The highest BCUT2D eigenvalue weighted by Crippen LogP contribution is 2.34. The first-order valence-electron chi connectivity index (χ1n) is 11.7. The fraction of sp³-hybridized carbons (Fsp3) is 0.100. The highest BCUT2D eigenvalue weighted by Gasteiger charge is 2.15. The summed E-state index contributed by atoms with van der Waals surface area (Å²) in [5, 5.41) is 5.49. The van der Waals surface area contributed by atoms with Gasteiger partial charge in [-0.1, -0.05) is 83.9 Å². The van der Waals surface area contributed by atoms with Gasteiger partial charge in [-0.2, -0.15) is 9.78 Å². The van der Waals surface area contributed by atoms with Gasteiger partial charge in [0.25, 0.3) is 5.56 Å². The number of methoxy groups -OCH3 is 1. The van der Waals surface area contributed by atoms with Crippen LogP contribution in [0, 0.1) is 6.92 Å². The van der Waals surface area contributed by atoms with Crippen molar-refractivity contribution in [3.63, 3.8) is 0 Å². The van der Waals surface area contributed by atoms with Gasteiger partial charge in [0.15, 0.2) is 17.3 Å². The van der Waals surface area contributed by atoms with Crippen LogP contribution in [0.5, 0.6) is 11.5 Å². The third kappa shape index (κ3) is 5.25. The molecule has 0 radical (unpaired) electrons. The maximum Gasteiger partial charge on any atom is 0.282 e. The van der Waals surface area contributed by atoms with Gasteiger partial charge < -0.3 is 9.47 Å². The highest BCUT2D eigenvalue weighted by molar-refractivity contribution is 6.31. The summed E-state index contributed by atoms with van der Waals surface area (Å²) in [6, 6.07) is 28.2. The lowest BCUT2D eigenvalue weighted by Crippen LogP contribution is -2.20. The number of para-hydroxylation sites is 1. The van der Waals surface area contributed by atoms with Crippen LogP contribution in [-0.2, 0) is 6.61 Å². The van der Waals surface area contributed by atoms with Gasteiger partial charge in [0.2, 0.25) is 0 Å². The zero-order valence-corrected chi connectivity index (χ0v) is 21.1. The van der Waals surface area contributed by atoms with E-state index < -0.39 is 0 Å². The molecule has 0 bridgehead atoms. The van der Waals surface area contributed by atoms with E-state index in [9.17, 15) is 4.79 Å². The fourth-order valence-electron chi connectivity index (χ4n) is 3.96. The molecule has 0 aliphatic rings. The van der Waals surface area contributed by atoms with Crippen LogP contribution in [0.3, 0.4) is 0 Å². The van der Waals surface area contributed by atoms with Crippen LogP contribution in [0.1, 0.15) is 16.7 Å². The summed E-state index contributed by atoms with van der Waals surface area (Å²) in [6.45, 7) is 2.36. The van der Waals surface area contributed by atoms with E-state index in [1.807, 2.05) is 73.7 Å². The summed E-state index contributed by atoms with van der Waals surface area (Å²) in [5.74, 6) is 1.37. The van der Waals surface area contributed by atoms with E-state index in [0.717, 1.165) is 11.1 Å². The van der Waals surface area contributed by atoms with Gasteiger partial charge >= 0.3 is 0 Å². The van der Waals surface area contributed by atoms with Gasteiger partial charge in [0, 0.05) is 22.2 Å². The lowest BCUT2D eigenvalue weighted by molar-refractivity contribution is 0.284. The molecule has 0 unspecified atom stereocenters. The Labute approximate surface area is 219 Å². The van der Waals surface area contributed by atoms with Crippen molar-refractivity contribution in [2.45, 2.75) is 13.5 Å². The van der Waals surface area contributed by atoms with Crippen molar-refractivity contribution in [2.24, 2.45) is 5.10 Å². The molecule has 1 heterocycles. The normalized spacial score (nSPS) is 11.2. The van der Waals surface area contributed by atoms with E-state index in [4.69, 9.17) is 26.1 Å². The van der Waals surface area contributed by atoms with Gasteiger partial charge in [0.05, 0.1) is 24.2 Å². The molecule has 0 aliphatic carbocycles. The zero-order valence-electron chi connectivity index (χ0n) is 20.4. The predicted molar refractivity (Wildman–Crippen MR) is 148 cm³/mol. The number of aryl methyl sites for hydroxylation is 1. The molecule has 1 aromatic heterocycles. The summed E-state index contributed by atoms with van der Waals surface area (Å²) >= 11 is 6.38. The van der Waals surface area contributed by atoms with Crippen molar-refractivity contribution < 1.29 is 9.47 Å². The maximum absolute atomic E-state index is 13.5. The Balaban J connectivity index is 1.60. The molecular weight excluding hydrogens is 486 g/mol. The average Bonchev–Trinajstić information content (AvgIpc) is 2.93. The van der Waals surface area contributed by atoms with Crippen molar-refractivity contribution in [1.29, 1.82) is 0 Å². The minimum absolute atomic E-state index is 0.281. The molecule has 7 heteroatoms. The molecular formula is C30H24ClN3O3. The topological polar surface area (TPSA) is 65.7 Å². The van der Waals surface area contributed by atoms with Crippen molar-refractivity contribution >= 4 is 28.7 Å². The first-order chi connectivity index (χ1) is 18.0. The minimum Gasteiger partial charge on any atom is -0.493 e. The molecule has 0 atom stereocenters. The standard InChI is InChI=1S/C30H24ClN3O3/c1-20-12-14-21(15-13-20)19-37-28-23(16-24(31)17-27(28)36-2)18-32-34-29(22-8-4-3-5-9-22)33-26-11-7-6-10-25(26)30(34)35/h3-18H,19H2,1-2H3. The number of rotatable bonds is 7. The Bertz CT molecular complexity index is 1650. The van der Waals surface area contributed by atoms with Crippen LogP contribution < -0.4 is 15.0 Å². The lowest BCUT2D eigenvalue weighted by atomic mass is 10.1. The largest absolute Gasteiger partial charge is 0.493 e. The van der Waals surface area contributed by atoms with Gasteiger partial charge in [-0.05, 0) is 30.7 Å². The van der Waals surface area contributed by atoms with Crippen LogP contribution in [-0.4, -0.2) is 23.0 Å². The third-order valence-electron chi connectivity index (χ3n) is 5.87. The number of benzene rings is 4. The summed E-state index contributed by atoms with van der Waals surface area (Å²) in [6.07, 6.45) is 1.54. The maximum atomic E-state index is 13.5. The van der Waals surface area contributed by atoms with Gasteiger partial charge in [-0.3, -0.25) is 4.79 Å². The second-order valence-corrected chi connectivity index (χ2v) is 8.92. The molecule has 0 spiro atoms. The fourth-order valence-corrected chi connectivity index (χ4v) is 4.17. The van der Waals surface area contributed by atoms with Gasteiger partial charge in [-0.15, -0.1) is 0 Å². The number of fused-ring (bicyclic) bond motifs is 1. The number of hydrogen-bond donors (Lipinski definition) is 0. The van der Waals surface area contributed by atoms with Crippen LogP contribution in [0.2, 0.25) is 5.02 Å². The van der Waals surface area contributed by atoms with E-state index in [1.54, 1.807) is 37.6 Å². The molecule has 6 nitrogen and oxygen atoms in total. The first-order valence-corrected chi connectivity index (χ1v) is 12.1. The molecule has 5 aromatic rings. The van der Waals surface area contributed by atoms with E-state index in [2.05, 4.69) is 5.10 Å². The molecule has 0 aliphatic heterocycles. The van der Waals surface area contributed by atoms with Crippen molar-refractivity contribution in [3.05, 3.63) is 123 Å². The molecule has 0 amide bonds. The van der Waals surface area contributed by atoms with Crippen LogP contribution in [0.4, 0.5) is 0 Å². The molecule has 37 heavy (non-hydrogen) atoms. The molecule has 4 aromatic carbocycles. The monoisotopic (exact) mass is 509 g/mol. The third-order valence-corrected chi connectivity index (χ3v) is 6.09. The molecule has 0 saturated heterocycles. The second-order valence-electron chi connectivity index (χ2n) is 8.48. The van der Waals surface area contributed by atoms with Gasteiger partial charge in [0.1, 0.15) is 6.61 Å². The lowest BCUT2D eigenvalue weighted by Gasteiger charge is -2.14. The van der Waals surface area contributed by atoms with Crippen molar-refractivity contribution in [3.8, 4) is 22.9 Å². The smallest absolute Gasteiger partial charge is 0.282 e. The summed E-state index contributed by atoms with van der Waals surface area (Å²) in [4.78, 5) is 18.2.